The molecule has 0 aliphatic rings. The summed E-state index contributed by atoms with van der Waals surface area (Å²) < 4.78 is 21.5. The largest absolute Gasteiger partial charge is 0.497 e. The lowest BCUT2D eigenvalue weighted by Crippen LogP contribution is -2.00. The number of pyridine rings is 1. The van der Waals surface area contributed by atoms with E-state index in [2.05, 4.69) is 9.97 Å². The van der Waals surface area contributed by atoms with E-state index < -0.39 is 0 Å². The van der Waals surface area contributed by atoms with E-state index in [0.717, 1.165) is 22.0 Å². The van der Waals surface area contributed by atoms with Crippen molar-refractivity contribution in [1.29, 1.82) is 0 Å². The lowest BCUT2D eigenvalue weighted by Gasteiger charge is -2.13. The molecular formula is C24H22N2O5. The number of carbonyl (C=O) groups is 1. The van der Waals surface area contributed by atoms with Crippen LogP contribution in [0.15, 0.2) is 48.7 Å². The molecule has 4 rings (SSSR count). The Morgan fingerprint density at radius 1 is 0.903 bits per heavy atom. The second-order valence-electron chi connectivity index (χ2n) is 6.74. The molecule has 0 unspecified atom stereocenters. The smallest absolute Gasteiger partial charge is 0.206 e. The maximum Gasteiger partial charge on any atom is 0.206 e. The number of aromatic nitrogens is 2. The Labute approximate surface area is 179 Å². The van der Waals surface area contributed by atoms with Gasteiger partial charge in [-0.05, 0) is 48.6 Å². The summed E-state index contributed by atoms with van der Waals surface area (Å²) in [6, 6.07) is 11.2. The first-order valence-electron chi connectivity index (χ1n) is 9.57. The van der Waals surface area contributed by atoms with Crippen LogP contribution < -0.4 is 18.9 Å². The van der Waals surface area contributed by atoms with Gasteiger partial charge in [-0.15, -0.1) is 0 Å². The number of nitrogens with zero attached hydrogens (tertiary/aromatic N) is 1. The number of H-pyrrole nitrogens is 1. The van der Waals surface area contributed by atoms with Crippen LogP contribution in [0.3, 0.4) is 0 Å². The van der Waals surface area contributed by atoms with Gasteiger partial charge < -0.3 is 23.9 Å². The summed E-state index contributed by atoms with van der Waals surface area (Å²) in [5.41, 5.74) is 2.61. The molecule has 0 saturated heterocycles. The maximum atomic E-state index is 13.0. The van der Waals surface area contributed by atoms with E-state index in [1.807, 2.05) is 24.3 Å². The number of aromatic amines is 1. The van der Waals surface area contributed by atoms with Gasteiger partial charge in [-0.25, -0.2) is 0 Å². The molecule has 2 aromatic carbocycles. The minimum atomic E-state index is -0.235. The molecule has 0 bridgehead atoms. The number of ketones is 1. The number of hydrogen-bond donors (Lipinski definition) is 1. The van der Waals surface area contributed by atoms with Crippen LogP contribution in [-0.2, 0) is 0 Å². The molecule has 2 aromatic heterocycles. The third-order valence-electron chi connectivity index (χ3n) is 5.11. The average molecular weight is 418 g/mol. The van der Waals surface area contributed by atoms with Crippen molar-refractivity contribution in [2.45, 2.75) is 0 Å². The molecular weight excluding hydrogens is 396 g/mol. The van der Waals surface area contributed by atoms with E-state index in [1.54, 1.807) is 38.6 Å². The van der Waals surface area contributed by atoms with Crippen LogP contribution in [0, 0.1) is 0 Å². The molecule has 0 atom stereocenters. The van der Waals surface area contributed by atoms with Crippen LogP contribution in [0.25, 0.3) is 27.9 Å². The first-order valence-corrected chi connectivity index (χ1v) is 9.57. The summed E-state index contributed by atoms with van der Waals surface area (Å²) in [5.74, 6) is 2.00. The van der Waals surface area contributed by atoms with Gasteiger partial charge in [-0.1, -0.05) is 0 Å². The van der Waals surface area contributed by atoms with E-state index in [4.69, 9.17) is 18.9 Å². The summed E-state index contributed by atoms with van der Waals surface area (Å²) >= 11 is 0. The molecule has 2 heterocycles. The van der Waals surface area contributed by atoms with Crippen molar-refractivity contribution in [1.82, 2.24) is 9.97 Å². The molecule has 158 valence electrons. The van der Waals surface area contributed by atoms with Crippen LogP contribution in [0.1, 0.15) is 16.1 Å². The number of fused-ring (bicyclic) bond motifs is 3. The fourth-order valence-electron chi connectivity index (χ4n) is 3.62. The van der Waals surface area contributed by atoms with Crippen molar-refractivity contribution in [3.05, 3.63) is 59.9 Å². The Hall–Kier alpha value is -4.00. The predicted octanol–water partition coefficient (Wildman–Crippen LogP) is 4.65. The third-order valence-corrected chi connectivity index (χ3v) is 5.11. The van der Waals surface area contributed by atoms with Crippen molar-refractivity contribution >= 4 is 33.7 Å². The molecule has 0 amide bonds. The molecule has 31 heavy (non-hydrogen) atoms. The molecule has 7 nitrogen and oxygen atoms in total. The van der Waals surface area contributed by atoms with E-state index in [1.165, 1.54) is 20.3 Å². The van der Waals surface area contributed by atoms with Gasteiger partial charge in [0.25, 0.3) is 0 Å². The molecule has 0 aliphatic heterocycles. The minimum Gasteiger partial charge on any atom is -0.497 e. The summed E-state index contributed by atoms with van der Waals surface area (Å²) in [7, 11) is 6.25. The quantitative estimate of drug-likeness (QED) is 0.348. The number of hydrogen-bond acceptors (Lipinski definition) is 6. The fourth-order valence-corrected chi connectivity index (χ4v) is 3.62. The Kier molecular flexibility index (Phi) is 5.49. The van der Waals surface area contributed by atoms with Crippen molar-refractivity contribution < 1.29 is 23.7 Å². The molecule has 7 heteroatoms. The monoisotopic (exact) mass is 418 g/mol. The van der Waals surface area contributed by atoms with Gasteiger partial charge in [0.15, 0.2) is 11.5 Å². The van der Waals surface area contributed by atoms with Crippen LogP contribution >= 0.6 is 0 Å². The highest BCUT2D eigenvalue weighted by Crippen LogP contribution is 2.40. The van der Waals surface area contributed by atoms with Gasteiger partial charge in [0.1, 0.15) is 11.4 Å². The Morgan fingerprint density at radius 3 is 2.42 bits per heavy atom. The second kappa shape index (κ2) is 8.39. The van der Waals surface area contributed by atoms with Gasteiger partial charge in [-0.2, -0.15) is 0 Å². The summed E-state index contributed by atoms with van der Waals surface area (Å²) in [4.78, 5) is 20.6. The van der Waals surface area contributed by atoms with Crippen molar-refractivity contribution in [3.63, 3.8) is 0 Å². The highest BCUT2D eigenvalue weighted by atomic mass is 16.5. The van der Waals surface area contributed by atoms with Crippen LogP contribution in [-0.4, -0.2) is 44.2 Å². The number of allylic oxidation sites excluding steroid dienone is 1. The predicted molar refractivity (Wildman–Crippen MR) is 120 cm³/mol. The van der Waals surface area contributed by atoms with Crippen LogP contribution in [0.2, 0.25) is 0 Å². The number of nitrogens with one attached hydrogen (secondary N) is 1. The first kappa shape index (κ1) is 20.3. The highest BCUT2D eigenvalue weighted by Gasteiger charge is 2.16. The molecule has 0 fully saturated rings. The first-order chi connectivity index (χ1) is 15.1. The molecule has 1 N–H and O–H groups in total. The Balaban J connectivity index is 1.75. The summed E-state index contributed by atoms with van der Waals surface area (Å²) in [5, 5.41) is 1.88. The van der Waals surface area contributed by atoms with E-state index in [9.17, 15) is 4.79 Å². The standard InChI is InChI=1S/C24H22N2O5/c1-28-15-7-8-18-17(13-15)16-11-12-25-22(21(16)26-18)19(27)9-5-14-6-10-20(29-2)24(31-4)23(14)30-3/h5-13,26H,1-4H3. The molecule has 0 aliphatic carbocycles. The van der Waals surface area contributed by atoms with Gasteiger partial charge >= 0.3 is 0 Å². The van der Waals surface area contributed by atoms with Gasteiger partial charge in [0, 0.05) is 28.0 Å². The highest BCUT2D eigenvalue weighted by molar-refractivity contribution is 6.18. The van der Waals surface area contributed by atoms with Gasteiger partial charge in [-0.3, -0.25) is 9.78 Å². The summed E-state index contributed by atoms with van der Waals surface area (Å²) in [6.07, 6.45) is 4.78. The molecule has 0 spiro atoms. The zero-order valence-corrected chi connectivity index (χ0v) is 17.7. The topological polar surface area (TPSA) is 82.7 Å². The number of benzene rings is 2. The van der Waals surface area contributed by atoms with E-state index in [0.29, 0.717) is 34.0 Å². The number of rotatable bonds is 7. The van der Waals surface area contributed by atoms with Crippen molar-refractivity contribution in [2.24, 2.45) is 0 Å². The molecule has 4 aromatic rings. The van der Waals surface area contributed by atoms with E-state index in [-0.39, 0.29) is 5.78 Å². The normalized spacial score (nSPS) is 11.2. The SMILES string of the molecule is COc1ccc2[nH]c3c(C(=O)C=Cc4ccc(OC)c(OC)c4OC)nccc3c2c1. The van der Waals surface area contributed by atoms with Crippen molar-refractivity contribution in [2.75, 3.05) is 28.4 Å². The molecule has 0 saturated carbocycles. The van der Waals surface area contributed by atoms with Gasteiger partial charge in [0.05, 0.1) is 34.0 Å². The number of ether oxygens (including phenoxy) is 4. The fraction of sp³-hybridized carbons (Fsp3) is 0.167. The number of methoxy groups -OCH3 is 4. The lowest BCUT2D eigenvalue weighted by atomic mass is 10.1. The van der Waals surface area contributed by atoms with Crippen molar-refractivity contribution in [3.8, 4) is 23.0 Å². The minimum absolute atomic E-state index is 0.235. The van der Waals surface area contributed by atoms with E-state index >= 15 is 0 Å². The molecule has 0 radical (unpaired) electrons. The zero-order chi connectivity index (χ0) is 22.0. The lowest BCUT2D eigenvalue weighted by molar-refractivity contribution is 0.104. The Bertz CT molecular complexity index is 1310. The zero-order valence-electron chi connectivity index (χ0n) is 17.7. The van der Waals surface area contributed by atoms with Crippen LogP contribution in [0.4, 0.5) is 0 Å². The summed E-state index contributed by atoms with van der Waals surface area (Å²) in [6.45, 7) is 0. The Morgan fingerprint density at radius 2 is 1.71 bits per heavy atom. The third kappa shape index (κ3) is 3.54. The number of carbonyl (C=O) groups excluding carboxylic acids is 1. The van der Waals surface area contributed by atoms with Crippen LogP contribution in [0.5, 0.6) is 23.0 Å². The van der Waals surface area contributed by atoms with Gasteiger partial charge in [0.2, 0.25) is 11.5 Å². The average Bonchev–Trinajstić information content (AvgIpc) is 3.19. The second-order valence-corrected chi connectivity index (χ2v) is 6.74. The maximum absolute atomic E-state index is 13.0.